The molecular weight excluding hydrogens is 140 g/mol. The molecule has 0 amide bonds. The lowest BCUT2D eigenvalue weighted by atomic mass is 10.2. The van der Waals surface area contributed by atoms with E-state index >= 15 is 0 Å². The molecule has 1 atom stereocenters. The zero-order chi connectivity index (χ0) is 8.27. The van der Waals surface area contributed by atoms with Gasteiger partial charge in [-0.25, -0.2) is 0 Å². The topological polar surface area (TPSA) is 67.6 Å². The van der Waals surface area contributed by atoms with Crippen LogP contribution in [0.3, 0.4) is 0 Å². The molecule has 0 aliphatic rings. The van der Waals surface area contributed by atoms with Gasteiger partial charge in [-0.3, -0.25) is 4.68 Å². The van der Waals surface area contributed by atoms with Crippen LogP contribution in [0.15, 0.2) is 12.4 Å². The summed E-state index contributed by atoms with van der Waals surface area (Å²) in [5, 5.41) is 12.3. The van der Waals surface area contributed by atoms with Crippen molar-refractivity contribution in [1.82, 2.24) is 9.78 Å². The summed E-state index contributed by atoms with van der Waals surface area (Å²) in [7, 11) is 0. The van der Waals surface area contributed by atoms with Gasteiger partial charge in [-0.15, -0.1) is 0 Å². The Hall–Kier alpha value is -1.34. The minimum absolute atomic E-state index is 0.0116. The van der Waals surface area contributed by atoms with Crippen molar-refractivity contribution in [3.05, 3.63) is 18.0 Å². The van der Waals surface area contributed by atoms with Gasteiger partial charge in [-0.05, 0) is 6.92 Å². The summed E-state index contributed by atoms with van der Waals surface area (Å²) < 4.78 is 1.57. The predicted molar refractivity (Wildman–Crippen MR) is 40.4 cm³/mol. The van der Waals surface area contributed by atoms with Gasteiger partial charge in [0.2, 0.25) is 0 Å². The molecule has 1 aromatic heterocycles. The van der Waals surface area contributed by atoms with Crippen LogP contribution in [0.25, 0.3) is 0 Å². The highest BCUT2D eigenvalue weighted by molar-refractivity contribution is 5.08. The van der Waals surface area contributed by atoms with Gasteiger partial charge in [0, 0.05) is 17.8 Å². The number of nitriles is 1. The Morgan fingerprint density at radius 3 is 3.09 bits per heavy atom. The quantitative estimate of drug-likeness (QED) is 0.664. The van der Waals surface area contributed by atoms with Gasteiger partial charge in [-0.2, -0.15) is 10.4 Å². The molecule has 0 saturated carbocycles. The number of rotatable bonds is 2. The van der Waals surface area contributed by atoms with E-state index in [-0.39, 0.29) is 12.6 Å². The second-order valence-corrected chi connectivity index (χ2v) is 2.42. The zero-order valence-corrected chi connectivity index (χ0v) is 6.36. The zero-order valence-electron chi connectivity index (χ0n) is 6.36. The van der Waals surface area contributed by atoms with Crippen LogP contribution < -0.4 is 5.73 Å². The first kappa shape index (κ1) is 7.76. The molecule has 4 heteroatoms. The summed E-state index contributed by atoms with van der Waals surface area (Å²) in [6.45, 7) is 2.17. The molecule has 1 heterocycles. The number of hydrogen-bond acceptors (Lipinski definition) is 3. The highest BCUT2D eigenvalue weighted by Crippen LogP contribution is 2.06. The summed E-state index contributed by atoms with van der Waals surface area (Å²) in [5.74, 6) is 0. The van der Waals surface area contributed by atoms with Gasteiger partial charge in [0.25, 0.3) is 0 Å². The van der Waals surface area contributed by atoms with Crippen molar-refractivity contribution >= 4 is 0 Å². The highest BCUT2D eigenvalue weighted by Gasteiger charge is 2.01. The van der Waals surface area contributed by atoms with Crippen LogP contribution in [-0.4, -0.2) is 9.78 Å². The maximum atomic E-state index is 8.33. The molecule has 0 saturated heterocycles. The van der Waals surface area contributed by atoms with Crippen molar-refractivity contribution in [2.45, 2.75) is 19.5 Å². The number of aromatic nitrogens is 2. The fourth-order valence-corrected chi connectivity index (χ4v) is 0.774. The van der Waals surface area contributed by atoms with E-state index in [9.17, 15) is 0 Å². The summed E-state index contributed by atoms with van der Waals surface area (Å²) >= 11 is 0. The molecule has 1 aromatic rings. The minimum atomic E-state index is -0.0116. The number of nitrogens with two attached hydrogens (primary N) is 1. The second-order valence-electron chi connectivity index (χ2n) is 2.42. The van der Waals surface area contributed by atoms with Gasteiger partial charge in [-0.1, -0.05) is 0 Å². The van der Waals surface area contributed by atoms with E-state index in [1.165, 1.54) is 0 Å². The molecule has 0 spiro atoms. The van der Waals surface area contributed by atoms with Crippen LogP contribution in [0.1, 0.15) is 18.5 Å². The van der Waals surface area contributed by atoms with E-state index in [0.29, 0.717) is 0 Å². The third-order valence-electron chi connectivity index (χ3n) is 1.41. The van der Waals surface area contributed by atoms with E-state index < -0.39 is 0 Å². The van der Waals surface area contributed by atoms with Gasteiger partial charge >= 0.3 is 0 Å². The lowest BCUT2D eigenvalue weighted by Gasteiger charge is -1.97. The summed E-state index contributed by atoms with van der Waals surface area (Å²) in [6.07, 6.45) is 3.47. The van der Waals surface area contributed by atoms with E-state index in [1.54, 1.807) is 17.1 Å². The summed E-state index contributed by atoms with van der Waals surface area (Å²) in [4.78, 5) is 0. The standard InChI is InChI=1S/C7H10N4/c1-6(9)7-4-10-11(5-7)3-2-8/h4-6H,3,9H2,1H3/t6-/m0/s1. The maximum absolute atomic E-state index is 8.33. The molecule has 0 bridgehead atoms. The fraction of sp³-hybridized carbons (Fsp3) is 0.429. The van der Waals surface area contributed by atoms with Crippen molar-refractivity contribution in [1.29, 1.82) is 5.26 Å². The van der Waals surface area contributed by atoms with Gasteiger partial charge < -0.3 is 5.73 Å². The average molecular weight is 150 g/mol. The van der Waals surface area contributed by atoms with Gasteiger partial charge in [0.05, 0.1) is 12.3 Å². The first-order valence-electron chi connectivity index (χ1n) is 3.39. The van der Waals surface area contributed by atoms with Crippen molar-refractivity contribution < 1.29 is 0 Å². The van der Waals surface area contributed by atoms with Crippen molar-refractivity contribution in [2.75, 3.05) is 0 Å². The smallest absolute Gasteiger partial charge is 0.128 e. The highest BCUT2D eigenvalue weighted by atomic mass is 15.3. The number of hydrogen-bond donors (Lipinski definition) is 1. The lowest BCUT2D eigenvalue weighted by Crippen LogP contribution is -2.03. The van der Waals surface area contributed by atoms with Crippen LogP contribution in [0.4, 0.5) is 0 Å². The van der Waals surface area contributed by atoms with Crippen LogP contribution >= 0.6 is 0 Å². The van der Waals surface area contributed by atoms with Gasteiger partial charge in [0.15, 0.2) is 0 Å². The van der Waals surface area contributed by atoms with Crippen molar-refractivity contribution in [3.63, 3.8) is 0 Å². The Morgan fingerprint density at radius 2 is 2.64 bits per heavy atom. The Kier molecular flexibility index (Phi) is 2.24. The van der Waals surface area contributed by atoms with Crippen LogP contribution in [0, 0.1) is 11.3 Å². The van der Waals surface area contributed by atoms with E-state index in [1.807, 2.05) is 13.0 Å². The first-order chi connectivity index (χ1) is 5.24. The molecule has 0 radical (unpaired) electrons. The molecule has 0 unspecified atom stereocenters. The third-order valence-corrected chi connectivity index (χ3v) is 1.41. The molecule has 0 aromatic carbocycles. The third kappa shape index (κ3) is 1.79. The number of nitrogens with zero attached hydrogens (tertiary/aromatic N) is 3. The van der Waals surface area contributed by atoms with Crippen LogP contribution in [-0.2, 0) is 6.54 Å². The molecule has 0 aliphatic heterocycles. The lowest BCUT2D eigenvalue weighted by molar-refractivity contribution is 0.707. The van der Waals surface area contributed by atoms with Crippen molar-refractivity contribution in [3.8, 4) is 6.07 Å². The Bertz CT molecular complexity index is 268. The Balaban J connectivity index is 2.75. The second kappa shape index (κ2) is 3.17. The largest absolute Gasteiger partial charge is 0.324 e. The van der Waals surface area contributed by atoms with Crippen LogP contribution in [0.2, 0.25) is 0 Å². The molecule has 0 fully saturated rings. The molecule has 2 N–H and O–H groups in total. The fourth-order valence-electron chi connectivity index (χ4n) is 0.774. The van der Waals surface area contributed by atoms with Crippen molar-refractivity contribution in [2.24, 2.45) is 5.73 Å². The van der Waals surface area contributed by atoms with Crippen LogP contribution in [0.5, 0.6) is 0 Å². The minimum Gasteiger partial charge on any atom is -0.324 e. The molecule has 4 nitrogen and oxygen atoms in total. The van der Waals surface area contributed by atoms with E-state index in [4.69, 9.17) is 11.0 Å². The molecule has 58 valence electrons. The molecule has 0 aliphatic carbocycles. The van der Waals surface area contributed by atoms with E-state index in [2.05, 4.69) is 5.10 Å². The monoisotopic (exact) mass is 150 g/mol. The molecular formula is C7H10N4. The SMILES string of the molecule is C[C@H](N)c1cnn(CC#N)c1. The predicted octanol–water partition coefficient (Wildman–Crippen LogP) is 0.426. The Labute approximate surface area is 65.2 Å². The Morgan fingerprint density at radius 1 is 1.91 bits per heavy atom. The molecule has 1 rings (SSSR count). The maximum Gasteiger partial charge on any atom is 0.128 e. The van der Waals surface area contributed by atoms with E-state index in [0.717, 1.165) is 5.56 Å². The summed E-state index contributed by atoms with van der Waals surface area (Å²) in [5.41, 5.74) is 6.55. The molecule has 11 heavy (non-hydrogen) atoms. The normalized spacial score (nSPS) is 12.5. The summed E-state index contributed by atoms with van der Waals surface area (Å²) in [6, 6.07) is 1.98. The first-order valence-corrected chi connectivity index (χ1v) is 3.39. The average Bonchev–Trinajstić information content (AvgIpc) is 2.37. The van der Waals surface area contributed by atoms with Gasteiger partial charge in [0.1, 0.15) is 6.54 Å².